The molecule has 0 saturated heterocycles. The van der Waals surface area contributed by atoms with Gasteiger partial charge in [0.2, 0.25) is 11.8 Å². The van der Waals surface area contributed by atoms with Crippen LogP contribution in [-0.2, 0) is 0 Å². The van der Waals surface area contributed by atoms with Gasteiger partial charge in [0.05, 0.1) is 5.25 Å². The molecule has 112 valence electrons. The van der Waals surface area contributed by atoms with E-state index in [-0.39, 0.29) is 5.25 Å². The molecule has 0 aliphatic carbocycles. The number of halogens is 2. The van der Waals surface area contributed by atoms with Gasteiger partial charge in [-0.15, -0.1) is 22.0 Å². The second-order valence-electron chi connectivity index (χ2n) is 4.65. The van der Waals surface area contributed by atoms with Gasteiger partial charge in [-0.05, 0) is 37.3 Å². The molecule has 0 saturated carbocycles. The highest BCUT2D eigenvalue weighted by Crippen LogP contribution is 2.35. The van der Waals surface area contributed by atoms with Gasteiger partial charge in [-0.2, -0.15) is 0 Å². The Hall–Kier alpha value is -2.21. The minimum atomic E-state index is -0.868. The molecule has 0 amide bonds. The molecule has 0 spiro atoms. The van der Waals surface area contributed by atoms with Crippen molar-refractivity contribution in [1.82, 2.24) is 10.2 Å². The Balaban J connectivity index is 1.77. The van der Waals surface area contributed by atoms with Crippen molar-refractivity contribution in [2.24, 2.45) is 0 Å². The Morgan fingerprint density at radius 2 is 1.77 bits per heavy atom. The lowest BCUT2D eigenvalue weighted by Crippen LogP contribution is -1.90. The Labute approximate surface area is 130 Å². The summed E-state index contributed by atoms with van der Waals surface area (Å²) < 4.78 is 31.8. The van der Waals surface area contributed by atoms with Crippen molar-refractivity contribution >= 4 is 11.8 Å². The molecular weight excluding hydrogens is 306 g/mol. The van der Waals surface area contributed by atoms with Crippen LogP contribution in [0.4, 0.5) is 8.78 Å². The molecule has 3 rings (SSSR count). The predicted octanol–water partition coefficient (Wildman–Crippen LogP) is 4.87. The summed E-state index contributed by atoms with van der Waals surface area (Å²) in [4.78, 5) is 0.603. The predicted molar refractivity (Wildman–Crippen MR) is 80.4 cm³/mol. The topological polar surface area (TPSA) is 38.9 Å². The van der Waals surface area contributed by atoms with E-state index in [4.69, 9.17) is 4.42 Å². The number of hydrogen-bond donors (Lipinski definition) is 0. The van der Waals surface area contributed by atoms with Gasteiger partial charge < -0.3 is 4.42 Å². The molecule has 2 aromatic carbocycles. The Morgan fingerprint density at radius 3 is 2.50 bits per heavy atom. The number of nitrogens with zero attached hydrogens (tertiary/aromatic N) is 2. The van der Waals surface area contributed by atoms with Gasteiger partial charge in [-0.3, -0.25) is 0 Å². The van der Waals surface area contributed by atoms with E-state index >= 15 is 0 Å². The highest BCUT2D eigenvalue weighted by Gasteiger charge is 2.17. The van der Waals surface area contributed by atoms with E-state index in [1.54, 1.807) is 0 Å². The number of thioether (sulfide) groups is 1. The van der Waals surface area contributed by atoms with E-state index in [9.17, 15) is 8.78 Å². The molecule has 22 heavy (non-hydrogen) atoms. The van der Waals surface area contributed by atoms with Gasteiger partial charge >= 0.3 is 0 Å². The van der Waals surface area contributed by atoms with Crippen molar-refractivity contribution < 1.29 is 13.2 Å². The fourth-order valence-electron chi connectivity index (χ4n) is 1.90. The summed E-state index contributed by atoms with van der Waals surface area (Å²) in [7, 11) is 0. The zero-order valence-corrected chi connectivity index (χ0v) is 12.5. The van der Waals surface area contributed by atoms with Crippen molar-refractivity contribution in [3.63, 3.8) is 0 Å². The van der Waals surface area contributed by atoms with Crippen LogP contribution >= 0.6 is 11.8 Å². The molecule has 1 aromatic heterocycles. The van der Waals surface area contributed by atoms with Crippen molar-refractivity contribution in [2.45, 2.75) is 17.1 Å². The third kappa shape index (κ3) is 3.17. The number of aromatic nitrogens is 2. The molecule has 0 N–H and O–H groups in total. The van der Waals surface area contributed by atoms with E-state index in [2.05, 4.69) is 10.2 Å². The summed E-state index contributed by atoms with van der Waals surface area (Å²) in [6, 6.07) is 13.2. The van der Waals surface area contributed by atoms with Gasteiger partial charge in [0, 0.05) is 10.5 Å². The summed E-state index contributed by atoms with van der Waals surface area (Å²) in [6.45, 7) is 1.87. The van der Waals surface area contributed by atoms with E-state index < -0.39 is 11.6 Å². The quantitative estimate of drug-likeness (QED) is 0.643. The third-order valence-corrected chi connectivity index (χ3v) is 4.09. The molecule has 0 radical (unpaired) electrons. The second-order valence-corrected chi connectivity index (χ2v) is 6.06. The molecule has 1 unspecified atom stereocenters. The Bertz CT molecular complexity index is 777. The maximum absolute atomic E-state index is 13.2. The summed E-state index contributed by atoms with van der Waals surface area (Å²) in [6.07, 6.45) is 0. The summed E-state index contributed by atoms with van der Waals surface area (Å²) in [5.41, 5.74) is 0.839. The van der Waals surface area contributed by atoms with Crippen LogP contribution in [-0.4, -0.2) is 10.2 Å². The number of benzene rings is 2. The SMILES string of the molecule is CC(Sc1ccc(F)c(F)c1)c1nnc(-c2ccccc2)o1. The standard InChI is InChI=1S/C16H12F2N2OS/c1-10(22-12-7-8-13(17)14(18)9-12)15-19-20-16(21-15)11-5-3-2-4-6-11/h2-10H,1H3. The highest BCUT2D eigenvalue weighted by molar-refractivity contribution is 7.99. The molecule has 0 aliphatic rings. The molecule has 1 atom stereocenters. The summed E-state index contributed by atoms with van der Waals surface area (Å²) in [5, 5.41) is 7.87. The lowest BCUT2D eigenvalue weighted by atomic mass is 10.2. The Morgan fingerprint density at radius 1 is 1.00 bits per heavy atom. The minimum absolute atomic E-state index is 0.171. The summed E-state index contributed by atoms with van der Waals surface area (Å²) >= 11 is 1.33. The van der Waals surface area contributed by atoms with Crippen LogP contribution in [0.25, 0.3) is 11.5 Å². The zero-order valence-electron chi connectivity index (χ0n) is 11.7. The number of hydrogen-bond acceptors (Lipinski definition) is 4. The van der Waals surface area contributed by atoms with Crippen molar-refractivity contribution in [3.05, 3.63) is 66.1 Å². The first-order valence-corrected chi connectivity index (χ1v) is 7.52. The molecule has 0 fully saturated rings. The normalized spacial score (nSPS) is 12.3. The second kappa shape index (κ2) is 6.27. The largest absolute Gasteiger partial charge is 0.419 e. The van der Waals surface area contributed by atoms with Crippen molar-refractivity contribution in [1.29, 1.82) is 0 Å². The van der Waals surface area contributed by atoms with Crippen LogP contribution in [0.15, 0.2) is 57.8 Å². The molecular formula is C16H12F2N2OS. The zero-order chi connectivity index (χ0) is 15.5. The molecule has 0 bridgehead atoms. The van der Waals surface area contributed by atoms with Crippen LogP contribution in [0.3, 0.4) is 0 Å². The van der Waals surface area contributed by atoms with Crippen LogP contribution in [0.5, 0.6) is 0 Å². The van der Waals surface area contributed by atoms with Crippen LogP contribution in [0, 0.1) is 11.6 Å². The van der Waals surface area contributed by atoms with E-state index in [0.29, 0.717) is 16.7 Å². The van der Waals surface area contributed by atoms with E-state index in [1.165, 1.54) is 17.8 Å². The third-order valence-electron chi connectivity index (χ3n) is 3.01. The van der Waals surface area contributed by atoms with Crippen LogP contribution in [0.1, 0.15) is 18.1 Å². The smallest absolute Gasteiger partial charge is 0.247 e. The molecule has 3 aromatic rings. The fraction of sp³-hybridized carbons (Fsp3) is 0.125. The van der Waals surface area contributed by atoms with Crippen LogP contribution < -0.4 is 0 Å². The first kappa shape index (κ1) is 14.7. The van der Waals surface area contributed by atoms with Gasteiger partial charge in [-0.25, -0.2) is 8.78 Å². The molecule has 0 aliphatic heterocycles. The highest BCUT2D eigenvalue weighted by atomic mass is 32.2. The van der Waals surface area contributed by atoms with Gasteiger partial charge in [0.1, 0.15) is 0 Å². The molecule has 3 nitrogen and oxygen atoms in total. The van der Waals surface area contributed by atoms with Gasteiger partial charge in [-0.1, -0.05) is 18.2 Å². The average Bonchev–Trinajstić information content (AvgIpc) is 3.02. The fourth-order valence-corrected chi connectivity index (χ4v) is 2.82. The van der Waals surface area contributed by atoms with E-state index in [0.717, 1.165) is 17.7 Å². The average molecular weight is 318 g/mol. The van der Waals surface area contributed by atoms with E-state index in [1.807, 2.05) is 37.3 Å². The van der Waals surface area contributed by atoms with Gasteiger partial charge in [0.25, 0.3) is 0 Å². The summed E-state index contributed by atoms with van der Waals surface area (Å²) in [5.74, 6) is -0.851. The first-order chi connectivity index (χ1) is 10.6. The monoisotopic (exact) mass is 318 g/mol. The first-order valence-electron chi connectivity index (χ1n) is 6.64. The van der Waals surface area contributed by atoms with Gasteiger partial charge in [0.15, 0.2) is 11.6 Å². The number of rotatable bonds is 4. The molecule has 6 heteroatoms. The molecule has 1 heterocycles. The van der Waals surface area contributed by atoms with Crippen LogP contribution in [0.2, 0.25) is 0 Å². The maximum atomic E-state index is 13.2. The lowest BCUT2D eigenvalue weighted by Gasteiger charge is -2.06. The Kier molecular flexibility index (Phi) is 4.20. The minimum Gasteiger partial charge on any atom is -0.419 e. The lowest BCUT2D eigenvalue weighted by molar-refractivity contribution is 0.504. The van der Waals surface area contributed by atoms with Crippen molar-refractivity contribution in [3.8, 4) is 11.5 Å². The maximum Gasteiger partial charge on any atom is 0.247 e. The van der Waals surface area contributed by atoms with Crippen molar-refractivity contribution in [2.75, 3.05) is 0 Å².